The molecule has 2 aromatic rings. The Morgan fingerprint density at radius 1 is 1.23 bits per heavy atom. The molecule has 2 rings (SSSR count). The average molecular weight is 175 g/mol. The van der Waals surface area contributed by atoms with Gasteiger partial charge in [-0.25, -0.2) is 4.68 Å². The molecule has 1 aromatic heterocycles. The van der Waals surface area contributed by atoms with E-state index >= 15 is 0 Å². The third kappa shape index (κ3) is 1.57. The van der Waals surface area contributed by atoms with Gasteiger partial charge >= 0.3 is 0 Å². The summed E-state index contributed by atoms with van der Waals surface area (Å²) in [5, 5.41) is 7.95. The molecule has 0 unspecified atom stereocenters. The van der Waals surface area contributed by atoms with Crippen LogP contribution < -0.4 is 5.73 Å². The number of nitrogens with zero attached hydrogens (tertiary/aromatic N) is 3. The molecule has 0 spiro atoms. The van der Waals surface area contributed by atoms with Crippen LogP contribution in [-0.4, -0.2) is 15.0 Å². The van der Waals surface area contributed by atoms with Crippen LogP contribution in [0.5, 0.6) is 0 Å². The summed E-state index contributed by atoms with van der Waals surface area (Å²) in [7, 11) is 0. The van der Waals surface area contributed by atoms with E-state index in [1.54, 1.807) is 4.68 Å². The van der Waals surface area contributed by atoms with Gasteiger partial charge in [-0.2, -0.15) is 0 Å². The molecule has 0 aliphatic rings. The molecule has 1 aromatic carbocycles. The molecular formula is C9H11N4+. The second-order valence-corrected chi connectivity index (χ2v) is 2.74. The van der Waals surface area contributed by atoms with E-state index in [-0.39, 0.29) is 0 Å². The number of quaternary nitrogens is 1. The standard InChI is InChI=1S/C9H10N4/c10-6-8-7-13(12-11-8)9-4-2-1-3-5-9/h1-5,7H,6,10H2/p+1. The monoisotopic (exact) mass is 175 g/mol. The van der Waals surface area contributed by atoms with Gasteiger partial charge in [0, 0.05) is 0 Å². The smallest absolute Gasteiger partial charge is 0.137 e. The van der Waals surface area contributed by atoms with E-state index in [4.69, 9.17) is 0 Å². The van der Waals surface area contributed by atoms with Crippen molar-refractivity contribution in [2.45, 2.75) is 6.54 Å². The first-order chi connectivity index (χ1) is 6.40. The number of para-hydroxylation sites is 1. The van der Waals surface area contributed by atoms with Crippen molar-refractivity contribution in [3.8, 4) is 5.69 Å². The number of benzene rings is 1. The molecule has 0 atom stereocenters. The Kier molecular flexibility index (Phi) is 2.06. The quantitative estimate of drug-likeness (QED) is 0.699. The molecule has 0 saturated carbocycles. The summed E-state index contributed by atoms with van der Waals surface area (Å²) in [5.74, 6) is 0. The van der Waals surface area contributed by atoms with Crippen molar-refractivity contribution < 1.29 is 5.73 Å². The highest BCUT2D eigenvalue weighted by atomic mass is 15.4. The molecule has 4 heteroatoms. The van der Waals surface area contributed by atoms with Crippen molar-refractivity contribution >= 4 is 0 Å². The summed E-state index contributed by atoms with van der Waals surface area (Å²) in [6, 6.07) is 9.90. The lowest BCUT2D eigenvalue weighted by Gasteiger charge is -1.96. The number of rotatable bonds is 2. The average Bonchev–Trinajstić information content (AvgIpc) is 2.67. The van der Waals surface area contributed by atoms with E-state index < -0.39 is 0 Å². The zero-order valence-electron chi connectivity index (χ0n) is 7.22. The van der Waals surface area contributed by atoms with Crippen molar-refractivity contribution in [3.63, 3.8) is 0 Å². The molecule has 1 heterocycles. The van der Waals surface area contributed by atoms with Crippen LogP contribution in [0.2, 0.25) is 0 Å². The summed E-state index contributed by atoms with van der Waals surface area (Å²) in [6.07, 6.45) is 1.89. The molecule has 4 nitrogen and oxygen atoms in total. The molecular weight excluding hydrogens is 164 g/mol. The lowest BCUT2D eigenvalue weighted by Crippen LogP contribution is -2.47. The summed E-state index contributed by atoms with van der Waals surface area (Å²) < 4.78 is 1.75. The Balaban J connectivity index is 2.36. The van der Waals surface area contributed by atoms with Gasteiger partial charge in [-0.1, -0.05) is 23.4 Å². The molecule has 3 N–H and O–H groups in total. The lowest BCUT2D eigenvalue weighted by atomic mass is 10.3. The number of hydrogen-bond donors (Lipinski definition) is 1. The van der Waals surface area contributed by atoms with Gasteiger partial charge in [-0.05, 0) is 12.1 Å². The first-order valence-corrected chi connectivity index (χ1v) is 4.16. The SMILES string of the molecule is [NH3+]Cc1cn(-c2ccccc2)nn1. The first kappa shape index (κ1) is 7.94. The minimum atomic E-state index is 0.673. The molecule has 0 amide bonds. The number of hydrogen-bond acceptors (Lipinski definition) is 2. The van der Waals surface area contributed by atoms with Gasteiger partial charge < -0.3 is 5.73 Å². The summed E-state index contributed by atoms with van der Waals surface area (Å²) in [6.45, 7) is 0.673. The normalized spacial score (nSPS) is 10.2. The third-order valence-electron chi connectivity index (χ3n) is 1.82. The Morgan fingerprint density at radius 3 is 2.62 bits per heavy atom. The largest absolute Gasteiger partial charge is 0.352 e. The van der Waals surface area contributed by atoms with Crippen molar-refractivity contribution in [1.82, 2.24) is 15.0 Å². The zero-order chi connectivity index (χ0) is 9.10. The van der Waals surface area contributed by atoms with E-state index in [1.807, 2.05) is 36.5 Å². The maximum atomic E-state index is 3.98. The molecule has 0 bridgehead atoms. The van der Waals surface area contributed by atoms with Crippen LogP contribution in [0.1, 0.15) is 5.69 Å². The van der Waals surface area contributed by atoms with E-state index in [2.05, 4.69) is 16.0 Å². The highest BCUT2D eigenvalue weighted by Gasteiger charge is 2.00. The minimum Gasteiger partial charge on any atom is -0.352 e. The topological polar surface area (TPSA) is 58.4 Å². The molecule has 0 aliphatic heterocycles. The maximum absolute atomic E-state index is 3.98. The highest BCUT2D eigenvalue weighted by molar-refractivity contribution is 5.29. The molecule has 66 valence electrons. The second kappa shape index (κ2) is 3.37. The van der Waals surface area contributed by atoms with Crippen molar-refractivity contribution in [3.05, 3.63) is 42.2 Å². The van der Waals surface area contributed by atoms with Crippen LogP contribution in [0.3, 0.4) is 0 Å². The second-order valence-electron chi connectivity index (χ2n) is 2.74. The van der Waals surface area contributed by atoms with Crippen LogP contribution >= 0.6 is 0 Å². The maximum Gasteiger partial charge on any atom is 0.137 e. The lowest BCUT2D eigenvalue weighted by molar-refractivity contribution is -0.387. The van der Waals surface area contributed by atoms with Gasteiger partial charge in [0.05, 0.1) is 11.9 Å². The van der Waals surface area contributed by atoms with Gasteiger partial charge in [0.25, 0.3) is 0 Å². The summed E-state index contributed by atoms with van der Waals surface area (Å²) >= 11 is 0. The van der Waals surface area contributed by atoms with Crippen molar-refractivity contribution in [1.29, 1.82) is 0 Å². The Hall–Kier alpha value is -1.68. The van der Waals surface area contributed by atoms with Crippen LogP contribution in [0.25, 0.3) is 5.69 Å². The molecule has 0 aliphatic carbocycles. The van der Waals surface area contributed by atoms with Gasteiger partial charge in [0.15, 0.2) is 0 Å². The van der Waals surface area contributed by atoms with Crippen LogP contribution in [0.15, 0.2) is 36.5 Å². The predicted molar refractivity (Wildman–Crippen MR) is 48.0 cm³/mol. The molecule has 13 heavy (non-hydrogen) atoms. The van der Waals surface area contributed by atoms with Gasteiger partial charge in [0.2, 0.25) is 0 Å². The molecule has 0 fully saturated rings. The van der Waals surface area contributed by atoms with E-state index in [0.29, 0.717) is 6.54 Å². The molecule has 0 saturated heterocycles. The zero-order valence-corrected chi connectivity index (χ0v) is 7.22. The van der Waals surface area contributed by atoms with Crippen molar-refractivity contribution in [2.24, 2.45) is 0 Å². The van der Waals surface area contributed by atoms with Crippen LogP contribution in [0, 0.1) is 0 Å². The number of aromatic nitrogens is 3. The van der Waals surface area contributed by atoms with E-state index in [1.165, 1.54) is 0 Å². The minimum absolute atomic E-state index is 0.673. The van der Waals surface area contributed by atoms with Gasteiger partial charge in [0.1, 0.15) is 12.2 Å². The highest BCUT2D eigenvalue weighted by Crippen LogP contribution is 2.04. The Morgan fingerprint density at radius 2 is 2.00 bits per heavy atom. The first-order valence-electron chi connectivity index (χ1n) is 4.16. The van der Waals surface area contributed by atoms with E-state index in [9.17, 15) is 0 Å². The van der Waals surface area contributed by atoms with E-state index in [0.717, 1.165) is 11.4 Å². The fourth-order valence-electron chi connectivity index (χ4n) is 1.12. The summed E-state index contributed by atoms with van der Waals surface area (Å²) in [5.41, 5.74) is 5.68. The fourth-order valence-corrected chi connectivity index (χ4v) is 1.12. The Labute approximate surface area is 76.0 Å². The van der Waals surface area contributed by atoms with Crippen LogP contribution in [-0.2, 0) is 6.54 Å². The Bertz CT molecular complexity index is 380. The van der Waals surface area contributed by atoms with Gasteiger partial charge in [-0.3, -0.25) is 0 Å². The van der Waals surface area contributed by atoms with Crippen molar-refractivity contribution in [2.75, 3.05) is 0 Å². The van der Waals surface area contributed by atoms with Crippen LogP contribution in [0.4, 0.5) is 0 Å². The predicted octanol–water partition coefficient (Wildman–Crippen LogP) is 0.00920. The third-order valence-corrected chi connectivity index (χ3v) is 1.82. The van der Waals surface area contributed by atoms with Gasteiger partial charge in [-0.15, -0.1) is 5.10 Å². The summed E-state index contributed by atoms with van der Waals surface area (Å²) in [4.78, 5) is 0. The molecule has 0 radical (unpaired) electrons. The fraction of sp³-hybridized carbons (Fsp3) is 0.111.